The monoisotopic (exact) mass is 643 g/mol. The van der Waals surface area contributed by atoms with Crippen LogP contribution in [0.1, 0.15) is 77.3 Å². The Morgan fingerprint density at radius 2 is 1.70 bits per heavy atom. The Labute approximate surface area is 260 Å². The van der Waals surface area contributed by atoms with Crippen LogP contribution in [0.3, 0.4) is 0 Å². The van der Waals surface area contributed by atoms with Crippen molar-refractivity contribution in [3.05, 3.63) is 86.1 Å². The molecule has 4 rings (SSSR count). The molecule has 43 heavy (non-hydrogen) atoms. The maximum absolute atomic E-state index is 14.2. The Morgan fingerprint density at radius 1 is 1.05 bits per heavy atom. The zero-order valence-corrected chi connectivity index (χ0v) is 27.5. The number of pyridine rings is 1. The quantitative estimate of drug-likeness (QED) is 0.209. The number of rotatable bonds is 10. The standard InChI is InChI=1S/C31H34ClN3O6S2/c1-18-33-21(17-42-18)16-41-22-12-13-24-25(27(36)19-8-10-20(32)11-9-19)23(14-31(5,6)29(38)34-43(7,39)40)26(35(24)15-22)28(37)30(2,3)4/h8-13,15,17H,14,16H2,1-7H3,(H,34,38). The minimum Gasteiger partial charge on any atom is -0.486 e. The van der Waals surface area contributed by atoms with Crippen LogP contribution in [0.15, 0.2) is 48.0 Å². The lowest BCUT2D eigenvalue weighted by Gasteiger charge is -2.25. The molecule has 0 aliphatic heterocycles. The van der Waals surface area contributed by atoms with Crippen molar-refractivity contribution in [2.45, 2.75) is 54.6 Å². The lowest BCUT2D eigenvalue weighted by molar-refractivity contribution is -0.127. The van der Waals surface area contributed by atoms with Gasteiger partial charge in [0.2, 0.25) is 15.9 Å². The molecular weight excluding hydrogens is 610 g/mol. The molecule has 0 spiro atoms. The van der Waals surface area contributed by atoms with Crippen LogP contribution in [0, 0.1) is 17.8 Å². The number of carbonyl (C=O) groups is 3. The van der Waals surface area contributed by atoms with Crippen molar-refractivity contribution in [3.63, 3.8) is 0 Å². The maximum Gasteiger partial charge on any atom is 0.239 e. The summed E-state index contributed by atoms with van der Waals surface area (Å²) in [5.41, 5.74) is 0.145. The molecule has 1 aromatic carbocycles. The van der Waals surface area contributed by atoms with Crippen molar-refractivity contribution in [3.8, 4) is 5.75 Å². The number of nitrogens with zero attached hydrogens (tertiary/aromatic N) is 2. The van der Waals surface area contributed by atoms with E-state index >= 15 is 0 Å². The molecular formula is C31H34ClN3O6S2. The first-order chi connectivity index (χ1) is 19.9. The molecule has 228 valence electrons. The molecule has 1 N–H and O–H groups in total. The summed E-state index contributed by atoms with van der Waals surface area (Å²) in [6, 6.07) is 9.81. The summed E-state index contributed by atoms with van der Waals surface area (Å²) in [7, 11) is -3.85. The predicted octanol–water partition coefficient (Wildman–Crippen LogP) is 6.04. The highest BCUT2D eigenvalue weighted by molar-refractivity contribution is 7.89. The Kier molecular flexibility index (Phi) is 8.93. The smallest absolute Gasteiger partial charge is 0.239 e. The van der Waals surface area contributed by atoms with E-state index in [4.69, 9.17) is 16.3 Å². The number of aryl methyl sites for hydroxylation is 1. The number of sulfonamides is 1. The van der Waals surface area contributed by atoms with Gasteiger partial charge in [-0.15, -0.1) is 11.3 Å². The number of hydrogen-bond acceptors (Lipinski definition) is 8. The van der Waals surface area contributed by atoms with Gasteiger partial charge in [0, 0.05) is 26.8 Å². The van der Waals surface area contributed by atoms with Gasteiger partial charge in [0.1, 0.15) is 12.4 Å². The largest absolute Gasteiger partial charge is 0.486 e. The van der Waals surface area contributed by atoms with Crippen LogP contribution in [0.5, 0.6) is 5.75 Å². The molecule has 0 saturated heterocycles. The number of halogens is 1. The second kappa shape index (κ2) is 11.9. The number of carbonyl (C=O) groups excluding carboxylic acids is 3. The van der Waals surface area contributed by atoms with Gasteiger partial charge in [-0.25, -0.2) is 13.4 Å². The number of fused-ring (bicyclic) bond motifs is 1. The van der Waals surface area contributed by atoms with Gasteiger partial charge in [0.15, 0.2) is 11.6 Å². The van der Waals surface area contributed by atoms with Crippen LogP contribution < -0.4 is 9.46 Å². The third-order valence-electron chi connectivity index (χ3n) is 6.80. The second-order valence-corrected chi connectivity index (χ2v) is 15.4. The third-order valence-corrected chi connectivity index (χ3v) is 8.43. The second-order valence-electron chi connectivity index (χ2n) is 12.1. The van der Waals surface area contributed by atoms with E-state index in [1.807, 2.05) is 17.0 Å². The van der Waals surface area contributed by atoms with Gasteiger partial charge in [0.25, 0.3) is 0 Å². The SMILES string of the molecule is Cc1nc(COc2ccc3c(C(=O)c4ccc(Cl)cc4)c(CC(C)(C)C(=O)NS(C)(=O)=O)c(C(=O)C(C)(C)C)n3c2)cs1. The minimum atomic E-state index is -3.85. The van der Waals surface area contributed by atoms with Crippen molar-refractivity contribution < 1.29 is 27.5 Å². The fraction of sp³-hybridized carbons (Fsp3) is 0.355. The molecule has 0 unspecified atom stereocenters. The molecule has 4 aromatic rings. The number of benzene rings is 1. The number of aromatic nitrogens is 2. The molecule has 0 fully saturated rings. The van der Waals surface area contributed by atoms with Gasteiger partial charge in [-0.2, -0.15) is 0 Å². The van der Waals surface area contributed by atoms with Gasteiger partial charge in [0.05, 0.1) is 39.9 Å². The topological polar surface area (TPSA) is 124 Å². The highest BCUT2D eigenvalue weighted by Gasteiger charge is 2.38. The average molecular weight is 644 g/mol. The van der Waals surface area contributed by atoms with Crippen LogP contribution in [-0.2, 0) is 27.8 Å². The summed E-state index contributed by atoms with van der Waals surface area (Å²) in [6.45, 7) is 10.6. The van der Waals surface area contributed by atoms with Gasteiger partial charge in [-0.1, -0.05) is 46.2 Å². The molecule has 0 aliphatic rings. The summed E-state index contributed by atoms with van der Waals surface area (Å²) in [6.07, 6.45) is 2.45. The van der Waals surface area contributed by atoms with E-state index in [-0.39, 0.29) is 35.9 Å². The number of thiazole rings is 1. The Bertz CT molecular complexity index is 1830. The lowest BCUT2D eigenvalue weighted by atomic mass is 9.80. The van der Waals surface area contributed by atoms with Crippen LogP contribution in [0.2, 0.25) is 5.02 Å². The average Bonchev–Trinajstić information content (AvgIpc) is 3.45. The molecule has 9 nitrogen and oxygen atoms in total. The fourth-order valence-electron chi connectivity index (χ4n) is 4.61. The van der Waals surface area contributed by atoms with Crippen molar-refractivity contribution in [1.82, 2.24) is 14.1 Å². The summed E-state index contributed by atoms with van der Waals surface area (Å²) in [4.78, 5) is 45.8. The van der Waals surface area contributed by atoms with Crippen LogP contribution in [0.25, 0.3) is 5.52 Å². The number of nitrogens with one attached hydrogen (secondary N) is 1. The summed E-state index contributed by atoms with van der Waals surface area (Å²) >= 11 is 7.59. The Morgan fingerprint density at radius 3 is 2.26 bits per heavy atom. The summed E-state index contributed by atoms with van der Waals surface area (Å²) in [5.74, 6) is -0.948. The number of Topliss-reactive ketones (excluding diaryl/α,β-unsaturated/α-hetero) is 1. The normalized spacial score (nSPS) is 12.4. The summed E-state index contributed by atoms with van der Waals surface area (Å²) < 4.78 is 33.5. The molecule has 0 atom stereocenters. The van der Waals surface area contributed by atoms with E-state index in [1.54, 1.807) is 81.6 Å². The summed E-state index contributed by atoms with van der Waals surface area (Å²) in [5, 5.41) is 3.27. The Hall–Kier alpha value is -3.54. The molecule has 0 bridgehead atoms. The van der Waals surface area contributed by atoms with Crippen molar-refractivity contribution in [2.24, 2.45) is 10.8 Å². The van der Waals surface area contributed by atoms with Gasteiger partial charge < -0.3 is 9.14 Å². The molecule has 3 heterocycles. The third kappa shape index (κ3) is 7.34. The van der Waals surface area contributed by atoms with Crippen LogP contribution in [-0.4, -0.2) is 41.5 Å². The first-order valence-corrected chi connectivity index (χ1v) is 16.6. The maximum atomic E-state index is 14.2. The molecule has 0 radical (unpaired) electrons. The van der Waals surface area contributed by atoms with E-state index in [9.17, 15) is 22.8 Å². The zero-order chi connectivity index (χ0) is 31.9. The van der Waals surface area contributed by atoms with Crippen LogP contribution in [0.4, 0.5) is 0 Å². The fourth-order valence-corrected chi connectivity index (χ4v) is 5.94. The zero-order valence-electron chi connectivity index (χ0n) is 25.1. The van der Waals surface area contributed by atoms with E-state index in [0.717, 1.165) is 17.0 Å². The van der Waals surface area contributed by atoms with Crippen molar-refractivity contribution >= 4 is 56.0 Å². The highest BCUT2D eigenvalue weighted by atomic mass is 35.5. The molecule has 12 heteroatoms. The number of amides is 1. The first-order valence-electron chi connectivity index (χ1n) is 13.5. The van der Waals surface area contributed by atoms with Gasteiger partial charge in [-0.3, -0.25) is 19.1 Å². The number of ketones is 2. The van der Waals surface area contributed by atoms with Crippen molar-refractivity contribution in [1.29, 1.82) is 0 Å². The molecule has 0 aliphatic carbocycles. The predicted molar refractivity (Wildman–Crippen MR) is 168 cm³/mol. The Balaban J connectivity index is 1.96. The van der Waals surface area contributed by atoms with Gasteiger partial charge >= 0.3 is 0 Å². The number of ether oxygens (including phenoxy) is 1. The number of hydrogen-bond donors (Lipinski definition) is 1. The van der Waals surface area contributed by atoms with E-state index in [1.165, 1.54) is 11.3 Å². The van der Waals surface area contributed by atoms with E-state index in [2.05, 4.69) is 4.98 Å². The van der Waals surface area contributed by atoms with Crippen LogP contribution >= 0.6 is 22.9 Å². The highest BCUT2D eigenvalue weighted by Crippen LogP contribution is 2.37. The van der Waals surface area contributed by atoms with E-state index < -0.39 is 26.8 Å². The minimum absolute atomic E-state index is 0.101. The van der Waals surface area contributed by atoms with Gasteiger partial charge in [-0.05, 0) is 55.3 Å². The molecule has 0 saturated carbocycles. The van der Waals surface area contributed by atoms with E-state index in [0.29, 0.717) is 27.4 Å². The molecule has 1 amide bonds. The molecule has 3 aromatic heterocycles. The van der Waals surface area contributed by atoms with Crippen molar-refractivity contribution in [2.75, 3.05) is 6.26 Å². The first kappa shape index (κ1) is 32.4. The lowest BCUT2D eigenvalue weighted by Crippen LogP contribution is -2.41.